The Morgan fingerprint density at radius 3 is 2.73 bits per heavy atom. The Kier molecular flexibility index (Phi) is 5.21. The van der Waals surface area contributed by atoms with Gasteiger partial charge < -0.3 is 9.52 Å². The van der Waals surface area contributed by atoms with E-state index in [1.165, 1.54) is 0 Å². The number of hydrogen-bond donors (Lipinski definition) is 1. The summed E-state index contributed by atoms with van der Waals surface area (Å²) in [5.74, 6) is 0.746. The maximum Gasteiger partial charge on any atom is 0.154 e. The van der Waals surface area contributed by atoms with Crippen LogP contribution in [0.15, 0.2) is 34.3 Å². The number of carbonyl (C=O) groups is 1. The Bertz CT molecular complexity index is 729. The number of aromatic hydroxyl groups is 1. The minimum absolute atomic E-state index is 0.0462. The molecule has 0 aliphatic rings. The number of phenols is 1. The number of benzene rings is 1. The van der Waals surface area contributed by atoms with E-state index in [1.807, 2.05) is 38.1 Å². The molecule has 1 aromatic heterocycles. The third-order valence-corrected chi connectivity index (χ3v) is 3.52. The van der Waals surface area contributed by atoms with Crippen molar-refractivity contribution in [3.63, 3.8) is 0 Å². The molecule has 22 heavy (non-hydrogen) atoms. The van der Waals surface area contributed by atoms with E-state index in [2.05, 4.69) is 6.92 Å². The largest absolute Gasteiger partial charge is 0.507 e. The van der Waals surface area contributed by atoms with E-state index in [0.717, 1.165) is 18.4 Å². The smallest absolute Gasteiger partial charge is 0.154 e. The standard InChI is InChI=1S/C19H22O3/c1-4-5-6-7-15-11-16-17(12-20)19(21)14(9-8-13(2)3)10-18(16)22-15/h6-8,10-12,21H,4-5,9H2,1-3H3. The number of carbonyl (C=O) groups excluding carboxylic acids is 1. The zero-order chi connectivity index (χ0) is 16.1. The van der Waals surface area contributed by atoms with Crippen molar-refractivity contribution in [3.05, 3.63) is 46.7 Å². The summed E-state index contributed by atoms with van der Waals surface area (Å²) in [6, 6.07) is 3.61. The zero-order valence-corrected chi connectivity index (χ0v) is 13.3. The normalized spacial score (nSPS) is 11.2. The van der Waals surface area contributed by atoms with E-state index in [4.69, 9.17) is 4.42 Å². The summed E-state index contributed by atoms with van der Waals surface area (Å²) in [4.78, 5) is 11.4. The van der Waals surface area contributed by atoms with Gasteiger partial charge in [0.25, 0.3) is 0 Å². The Morgan fingerprint density at radius 2 is 2.09 bits per heavy atom. The van der Waals surface area contributed by atoms with Crippen molar-refractivity contribution >= 4 is 23.3 Å². The molecule has 1 aromatic carbocycles. The minimum atomic E-state index is 0.0462. The van der Waals surface area contributed by atoms with Crippen LogP contribution in [-0.2, 0) is 6.42 Å². The molecule has 2 aromatic rings. The molecule has 0 atom stereocenters. The topological polar surface area (TPSA) is 50.4 Å². The van der Waals surface area contributed by atoms with E-state index in [1.54, 1.807) is 6.07 Å². The second kappa shape index (κ2) is 7.12. The lowest BCUT2D eigenvalue weighted by molar-refractivity contribution is 0.112. The lowest BCUT2D eigenvalue weighted by Crippen LogP contribution is -1.90. The minimum Gasteiger partial charge on any atom is -0.507 e. The Morgan fingerprint density at radius 1 is 1.32 bits per heavy atom. The molecule has 116 valence electrons. The van der Waals surface area contributed by atoms with Crippen molar-refractivity contribution in [1.82, 2.24) is 0 Å². The molecule has 1 heterocycles. The first-order valence-electron chi connectivity index (χ1n) is 7.60. The summed E-state index contributed by atoms with van der Waals surface area (Å²) in [5.41, 5.74) is 2.80. The van der Waals surface area contributed by atoms with Gasteiger partial charge >= 0.3 is 0 Å². The summed E-state index contributed by atoms with van der Waals surface area (Å²) in [6.45, 7) is 6.11. The average Bonchev–Trinajstić information content (AvgIpc) is 2.87. The molecule has 0 spiro atoms. The zero-order valence-electron chi connectivity index (χ0n) is 13.3. The van der Waals surface area contributed by atoms with Crippen molar-refractivity contribution < 1.29 is 14.3 Å². The predicted molar refractivity (Wildman–Crippen MR) is 90.3 cm³/mol. The Balaban J connectivity index is 2.50. The molecular weight excluding hydrogens is 276 g/mol. The highest BCUT2D eigenvalue weighted by Crippen LogP contribution is 2.33. The van der Waals surface area contributed by atoms with Crippen LogP contribution in [0.25, 0.3) is 17.0 Å². The first kappa shape index (κ1) is 16.1. The Labute approximate surface area is 130 Å². The predicted octanol–water partition coefficient (Wildman–Crippen LogP) is 5.27. The molecule has 3 heteroatoms. The van der Waals surface area contributed by atoms with Crippen LogP contribution >= 0.6 is 0 Å². The summed E-state index contributed by atoms with van der Waals surface area (Å²) in [5, 5.41) is 11.0. The monoisotopic (exact) mass is 298 g/mol. The van der Waals surface area contributed by atoms with Crippen LogP contribution in [0, 0.1) is 0 Å². The van der Waals surface area contributed by atoms with E-state index >= 15 is 0 Å². The number of rotatable bonds is 6. The van der Waals surface area contributed by atoms with Gasteiger partial charge in [-0.25, -0.2) is 0 Å². The van der Waals surface area contributed by atoms with Gasteiger partial charge in [0.15, 0.2) is 6.29 Å². The fourth-order valence-electron chi connectivity index (χ4n) is 2.31. The number of aldehydes is 1. The quantitative estimate of drug-likeness (QED) is 0.583. The van der Waals surface area contributed by atoms with Crippen LogP contribution in [0.1, 0.15) is 55.3 Å². The number of phenolic OH excluding ortho intramolecular Hbond substituents is 1. The molecule has 0 radical (unpaired) electrons. The van der Waals surface area contributed by atoms with E-state index in [0.29, 0.717) is 40.6 Å². The summed E-state index contributed by atoms with van der Waals surface area (Å²) in [6.07, 6.45) is 9.29. The highest BCUT2D eigenvalue weighted by atomic mass is 16.3. The van der Waals surface area contributed by atoms with Crippen LogP contribution in [-0.4, -0.2) is 11.4 Å². The lowest BCUT2D eigenvalue weighted by Gasteiger charge is -2.05. The van der Waals surface area contributed by atoms with E-state index < -0.39 is 0 Å². The van der Waals surface area contributed by atoms with Gasteiger partial charge in [0.1, 0.15) is 17.1 Å². The number of unbranched alkanes of at least 4 members (excludes halogenated alkanes) is 1. The molecule has 3 nitrogen and oxygen atoms in total. The fraction of sp³-hybridized carbons (Fsp3) is 0.316. The van der Waals surface area contributed by atoms with Crippen LogP contribution in [0.4, 0.5) is 0 Å². The molecule has 0 saturated carbocycles. The molecule has 0 aliphatic heterocycles. The van der Waals surface area contributed by atoms with E-state index in [9.17, 15) is 9.90 Å². The van der Waals surface area contributed by atoms with Crippen molar-refractivity contribution in [2.75, 3.05) is 0 Å². The lowest BCUT2D eigenvalue weighted by atomic mass is 10.0. The van der Waals surface area contributed by atoms with Crippen molar-refractivity contribution in [3.8, 4) is 5.75 Å². The molecule has 0 saturated heterocycles. The Hall–Kier alpha value is -2.29. The van der Waals surface area contributed by atoms with Gasteiger partial charge in [0.05, 0.1) is 5.56 Å². The molecule has 1 N–H and O–H groups in total. The van der Waals surface area contributed by atoms with Crippen molar-refractivity contribution in [1.29, 1.82) is 0 Å². The van der Waals surface area contributed by atoms with Crippen LogP contribution in [0.2, 0.25) is 0 Å². The highest BCUT2D eigenvalue weighted by Gasteiger charge is 2.15. The maximum atomic E-state index is 11.4. The SMILES string of the molecule is CCCC=Cc1cc2c(C=O)c(O)c(CC=C(C)C)cc2o1. The van der Waals surface area contributed by atoms with Gasteiger partial charge in [-0.1, -0.05) is 31.1 Å². The van der Waals surface area contributed by atoms with Gasteiger partial charge in [-0.2, -0.15) is 0 Å². The first-order valence-corrected chi connectivity index (χ1v) is 7.60. The third-order valence-electron chi connectivity index (χ3n) is 3.52. The van der Waals surface area contributed by atoms with Gasteiger partial charge in [0.2, 0.25) is 0 Å². The van der Waals surface area contributed by atoms with Crippen LogP contribution in [0.5, 0.6) is 5.75 Å². The molecule has 0 unspecified atom stereocenters. The summed E-state index contributed by atoms with van der Waals surface area (Å²) < 4.78 is 5.78. The van der Waals surface area contributed by atoms with Crippen molar-refractivity contribution in [2.45, 2.75) is 40.0 Å². The molecule has 0 fully saturated rings. The maximum absolute atomic E-state index is 11.4. The molecular formula is C19H22O3. The van der Waals surface area contributed by atoms with Crippen LogP contribution in [0.3, 0.4) is 0 Å². The molecule has 2 rings (SSSR count). The summed E-state index contributed by atoms with van der Waals surface area (Å²) in [7, 11) is 0. The van der Waals surface area contributed by atoms with E-state index in [-0.39, 0.29) is 5.75 Å². The van der Waals surface area contributed by atoms with Crippen molar-refractivity contribution in [2.24, 2.45) is 0 Å². The second-order valence-corrected chi connectivity index (χ2v) is 5.65. The number of furan rings is 1. The second-order valence-electron chi connectivity index (χ2n) is 5.65. The molecule has 0 amide bonds. The number of fused-ring (bicyclic) bond motifs is 1. The third kappa shape index (κ3) is 3.48. The summed E-state index contributed by atoms with van der Waals surface area (Å²) >= 11 is 0. The molecule has 0 bridgehead atoms. The number of hydrogen-bond acceptors (Lipinski definition) is 3. The van der Waals surface area contributed by atoms with Crippen LogP contribution < -0.4 is 0 Å². The molecule has 0 aliphatic carbocycles. The van der Waals surface area contributed by atoms with Gasteiger partial charge in [-0.3, -0.25) is 4.79 Å². The van der Waals surface area contributed by atoms with Gasteiger partial charge in [-0.05, 0) is 44.9 Å². The van der Waals surface area contributed by atoms with Gasteiger partial charge in [0, 0.05) is 10.9 Å². The number of allylic oxidation sites excluding steroid dienone is 3. The van der Waals surface area contributed by atoms with Gasteiger partial charge in [-0.15, -0.1) is 0 Å². The first-order chi connectivity index (χ1) is 10.6. The average molecular weight is 298 g/mol. The fourth-order valence-corrected chi connectivity index (χ4v) is 2.31. The highest BCUT2D eigenvalue weighted by molar-refractivity contribution is 6.00.